The van der Waals surface area contributed by atoms with E-state index >= 15 is 0 Å². The van der Waals surface area contributed by atoms with E-state index in [9.17, 15) is 0 Å². The molecule has 144 valence electrons. The van der Waals surface area contributed by atoms with Gasteiger partial charge in [0.2, 0.25) is 0 Å². The zero-order chi connectivity index (χ0) is 19.1. The predicted octanol–water partition coefficient (Wildman–Crippen LogP) is 1.85. The topological polar surface area (TPSA) is 79.0 Å². The third kappa shape index (κ3) is 3.10. The Kier molecular flexibility index (Phi) is 4.22. The van der Waals surface area contributed by atoms with Crippen molar-refractivity contribution in [2.24, 2.45) is 20.9 Å². The Morgan fingerprint density at radius 2 is 2.04 bits per heavy atom. The Hall–Kier alpha value is -2.96. The average Bonchev–Trinajstić information content (AvgIpc) is 3.42. The number of imidazole rings is 1. The molecule has 4 aliphatic rings. The first-order valence-electron chi connectivity index (χ1n) is 9.96. The van der Waals surface area contributed by atoms with Gasteiger partial charge in [0.05, 0.1) is 18.1 Å². The van der Waals surface area contributed by atoms with Gasteiger partial charge in [0, 0.05) is 30.2 Å². The fourth-order valence-electron chi connectivity index (χ4n) is 4.00. The lowest BCUT2D eigenvalue weighted by atomic mass is 10.1. The van der Waals surface area contributed by atoms with Gasteiger partial charge in [0.25, 0.3) is 0 Å². The van der Waals surface area contributed by atoms with E-state index in [1.807, 2.05) is 24.8 Å². The van der Waals surface area contributed by atoms with E-state index in [1.54, 1.807) is 0 Å². The average molecular weight is 375 g/mol. The zero-order valence-corrected chi connectivity index (χ0v) is 16.2. The monoisotopic (exact) mass is 375 g/mol. The summed E-state index contributed by atoms with van der Waals surface area (Å²) in [5.74, 6) is 2.44. The molecular formula is C21H25N7. The zero-order valence-electron chi connectivity index (χ0n) is 16.2. The first-order valence-corrected chi connectivity index (χ1v) is 9.96. The van der Waals surface area contributed by atoms with E-state index < -0.39 is 0 Å². The number of nitrogens with one attached hydrogen (secondary N) is 2. The molecule has 0 bridgehead atoms. The molecule has 2 N–H and O–H groups in total. The number of hydrogen-bond acceptors (Lipinski definition) is 6. The van der Waals surface area contributed by atoms with Gasteiger partial charge >= 0.3 is 0 Å². The van der Waals surface area contributed by atoms with Gasteiger partial charge in [-0.15, -0.1) is 0 Å². The molecular weight excluding hydrogens is 350 g/mol. The van der Waals surface area contributed by atoms with Gasteiger partial charge in [0.15, 0.2) is 6.17 Å². The minimum atomic E-state index is -0.00990. The first kappa shape index (κ1) is 17.2. The summed E-state index contributed by atoms with van der Waals surface area (Å²) >= 11 is 0. The summed E-state index contributed by atoms with van der Waals surface area (Å²) in [5.41, 5.74) is 2.42. The maximum atomic E-state index is 4.96. The van der Waals surface area contributed by atoms with Gasteiger partial charge in [-0.1, -0.05) is 26.0 Å². The molecule has 1 aromatic heterocycles. The lowest BCUT2D eigenvalue weighted by Crippen LogP contribution is -2.34. The molecule has 28 heavy (non-hydrogen) atoms. The third-order valence-corrected chi connectivity index (χ3v) is 5.57. The van der Waals surface area contributed by atoms with Gasteiger partial charge in [-0.25, -0.2) is 9.98 Å². The lowest BCUT2D eigenvalue weighted by Gasteiger charge is -2.20. The van der Waals surface area contributed by atoms with Crippen LogP contribution >= 0.6 is 0 Å². The molecule has 7 heteroatoms. The van der Waals surface area contributed by atoms with Gasteiger partial charge in [-0.3, -0.25) is 14.6 Å². The van der Waals surface area contributed by atoms with Gasteiger partial charge in [-0.05, 0) is 30.6 Å². The van der Waals surface area contributed by atoms with Crippen molar-refractivity contribution in [3.63, 3.8) is 0 Å². The van der Waals surface area contributed by atoms with E-state index in [-0.39, 0.29) is 24.3 Å². The quantitative estimate of drug-likeness (QED) is 0.843. The predicted molar refractivity (Wildman–Crippen MR) is 112 cm³/mol. The maximum absolute atomic E-state index is 4.96. The number of aryl methyl sites for hydroxylation is 1. The Morgan fingerprint density at radius 1 is 1.11 bits per heavy atom. The van der Waals surface area contributed by atoms with Crippen molar-refractivity contribution in [2.45, 2.75) is 51.0 Å². The van der Waals surface area contributed by atoms with Crippen molar-refractivity contribution in [3.05, 3.63) is 54.3 Å². The van der Waals surface area contributed by atoms with Crippen LogP contribution in [0.1, 0.15) is 26.0 Å². The summed E-state index contributed by atoms with van der Waals surface area (Å²) in [7, 11) is 0. The van der Waals surface area contributed by atoms with Crippen LogP contribution in [0.2, 0.25) is 0 Å². The van der Waals surface area contributed by atoms with Gasteiger partial charge in [-0.2, -0.15) is 0 Å². The molecule has 4 aliphatic heterocycles. The summed E-state index contributed by atoms with van der Waals surface area (Å²) in [6.07, 6.45) is 17.9. The second-order valence-electron chi connectivity index (χ2n) is 7.88. The second kappa shape index (κ2) is 6.89. The number of nitrogens with zero attached hydrogens (tertiary/aromatic N) is 5. The van der Waals surface area contributed by atoms with E-state index in [2.05, 4.69) is 68.3 Å². The highest BCUT2D eigenvalue weighted by Crippen LogP contribution is 2.23. The van der Waals surface area contributed by atoms with E-state index in [0.717, 1.165) is 30.2 Å². The molecule has 0 aliphatic carbocycles. The van der Waals surface area contributed by atoms with Crippen LogP contribution in [0.3, 0.4) is 0 Å². The summed E-state index contributed by atoms with van der Waals surface area (Å²) in [4.78, 5) is 18.4. The largest absolute Gasteiger partial charge is 0.380 e. The molecule has 1 aromatic rings. The Bertz CT molecular complexity index is 944. The fraction of sp³-hybridized carbons (Fsp3) is 0.429. The minimum Gasteiger partial charge on any atom is -0.380 e. The van der Waals surface area contributed by atoms with Crippen molar-refractivity contribution < 1.29 is 0 Å². The van der Waals surface area contributed by atoms with Crippen molar-refractivity contribution in [1.29, 1.82) is 0 Å². The van der Waals surface area contributed by atoms with Crippen molar-refractivity contribution in [3.8, 4) is 0 Å². The highest BCUT2D eigenvalue weighted by molar-refractivity contribution is 5.96. The Morgan fingerprint density at radius 3 is 2.89 bits per heavy atom. The second-order valence-corrected chi connectivity index (χ2v) is 7.88. The van der Waals surface area contributed by atoms with Crippen LogP contribution in [0, 0.1) is 5.92 Å². The third-order valence-electron chi connectivity index (χ3n) is 5.57. The van der Waals surface area contributed by atoms with E-state index in [1.165, 1.54) is 5.70 Å². The molecule has 0 saturated heterocycles. The summed E-state index contributed by atoms with van der Waals surface area (Å²) < 4.78 is 2.09. The summed E-state index contributed by atoms with van der Waals surface area (Å²) in [5, 5.41) is 7.02. The van der Waals surface area contributed by atoms with Crippen LogP contribution in [0.15, 0.2) is 63.6 Å². The lowest BCUT2D eigenvalue weighted by molar-refractivity contribution is 0.608. The van der Waals surface area contributed by atoms with Gasteiger partial charge in [0.1, 0.15) is 18.0 Å². The molecule has 0 saturated carbocycles. The van der Waals surface area contributed by atoms with Crippen molar-refractivity contribution in [1.82, 2.24) is 20.2 Å². The minimum absolute atomic E-state index is 0.00990. The molecule has 4 unspecified atom stereocenters. The fourth-order valence-corrected chi connectivity index (χ4v) is 4.00. The maximum Gasteiger partial charge on any atom is 0.165 e. The molecule has 0 aromatic carbocycles. The van der Waals surface area contributed by atoms with E-state index in [4.69, 9.17) is 4.99 Å². The summed E-state index contributed by atoms with van der Waals surface area (Å²) in [6, 6.07) is 0.618. The van der Waals surface area contributed by atoms with Crippen LogP contribution in [0.25, 0.3) is 0 Å². The molecule has 7 nitrogen and oxygen atoms in total. The Balaban J connectivity index is 1.29. The standard InChI is InChI=1S/C21H25N7/c1-13(2)17-10-18-15(24-17)6-8-20(26-18)28-12-22-11-14(28)5-7-19-25-16-4-3-9-23-21(16)27-19/h3-4,6,8-13,15-16,18,21,24H,5,7H2,1-2H3,(H,25,27). The highest BCUT2D eigenvalue weighted by Gasteiger charge is 2.29. The SMILES string of the molecule is CC(C)C1=CC2N=C(n3cncc3CCC3=NC4N=CC=CC4N3)C=CC2N1. The Labute approximate surface area is 164 Å². The smallest absolute Gasteiger partial charge is 0.165 e. The highest BCUT2D eigenvalue weighted by atomic mass is 15.2. The molecule has 0 spiro atoms. The van der Waals surface area contributed by atoms with Crippen molar-refractivity contribution in [2.75, 3.05) is 0 Å². The molecule has 5 rings (SSSR count). The van der Waals surface area contributed by atoms with Gasteiger partial charge < -0.3 is 10.6 Å². The normalized spacial score (nSPS) is 29.8. The van der Waals surface area contributed by atoms with E-state index in [0.29, 0.717) is 5.92 Å². The van der Waals surface area contributed by atoms with Crippen molar-refractivity contribution >= 4 is 17.9 Å². The number of rotatable bonds is 4. The number of allylic oxidation sites excluding steroid dienone is 3. The molecule has 0 fully saturated rings. The van der Waals surface area contributed by atoms with Crippen LogP contribution in [-0.4, -0.2) is 51.7 Å². The molecule has 0 amide bonds. The molecule has 5 heterocycles. The number of fused-ring (bicyclic) bond motifs is 2. The first-order chi connectivity index (χ1) is 13.7. The number of amidine groups is 1. The van der Waals surface area contributed by atoms with Crippen LogP contribution in [0.5, 0.6) is 0 Å². The number of dihydropyridines is 2. The number of aromatic nitrogens is 2. The molecule has 0 radical (unpaired) electrons. The van der Waals surface area contributed by atoms with Crippen LogP contribution < -0.4 is 10.6 Å². The summed E-state index contributed by atoms with van der Waals surface area (Å²) in [6.45, 7) is 4.41. The van der Waals surface area contributed by atoms with Crippen LogP contribution in [0.4, 0.5) is 0 Å². The molecule has 4 atom stereocenters. The van der Waals surface area contributed by atoms with Crippen LogP contribution in [-0.2, 0) is 6.42 Å². The number of aliphatic imine (C=N–C) groups is 3. The number of hydrogen-bond donors (Lipinski definition) is 2.